The second kappa shape index (κ2) is 5.23. The van der Waals surface area contributed by atoms with Crippen molar-refractivity contribution in [3.63, 3.8) is 0 Å². The molecule has 5 nitrogen and oxygen atoms in total. The normalized spacial score (nSPS) is 15.8. The third kappa shape index (κ3) is 2.28. The molecule has 1 aliphatic rings. The maximum Gasteiger partial charge on any atom is 0.167 e. The molecule has 0 aliphatic heterocycles. The van der Waals surface area contributed by atoms with E-state index in [1.54, 1.807) is 0 Å². The Morgan fingerprint density at radius 3 is 2.55 bits per heavy atom. The Bertz CT molecular complexity index is 595. The van der Waals surface area contributed by atoms with Crippen molar-refractivity contribution in [3.8, 4) is 11.4 Å². The standard InChI is InChI=1S/C15H20N4O/c1-9-14(10(2)20-19-9)15-17-12(8-13(16-3)18-15)11-6-4-5-7-11/h8,11H,4-7H2,1-3H3,(H,16,17,18). The molecule has 1 fully saturated rings. The van der Waals surface area contributed by atoms with E-state index < -0.39 is 0 Å². The number of hydrogen-bond donors (Lipinski definition) is 1. The van der Waals surface area contributed by atoms with Gasteiger partial charge in [0.25, 0.3) is 0 Å². The highest BCUT2D eigenvalue weighted by molar-refractivity contribution is 5.62. The van der Waals surface area contributed by atoms with Crippen LogP contribution < -0.4 is 5.32 Å². The average molecular weight is 272 g/mol. The quantitative estimate of drug-likeness (QED) is 0.927. The van der Waals surface area contributed by atoms with E-state index in [9.17, 15) is 0 Å². The second-order valence-electron chi connectivity index (χ2n) is 5.43. The largest absolute Gasteiger partial charge is 0.373 e. The minimum Gasteiger partial charge on any atom is -0.373 e. The Labute approximate surface area is 118 Å². The predicted octanol–water partition coefficient (Wildman–Crippen LogP) is 3.45. The number of nitrogens with one attached hydrogen (secondary N) is 1. The van der Waals surface area contributed by atoms with Crippen LogP contribution in [-0.2, 0) is 0 Å². The molecule has 0 unspecified atom stereocenters. The number of hydrogen-bond acceptors (Lipinski definition) is 5. The highest BCUT2D eigenvalue weighted by atomic mass is 16.5. The van der Waals surface area contributed by atoms with Crippen LogP contribution in [-0.4, -0.2) is 22.2 Å². The summed E-state index contributed by atoms with van der Waals surface area (Å²) in [5, 5.41) is 7.13. The molecule has 20 heavy (non-hydrogen) atoms. The van der Waals surface area contributed by atoms with Crippen LogP contribution >= 0.6 is 0 Å². The van der Waals surface area contributed by atoms with Crippen LogP contribution in [0.2, 0.25) is 0 Å². The van der Waals surface area contributed by atoms with Crippen molar-refractivity contribution >= 4 is 5.82 Å². The first-order chi connectivity index (χ1) is 9.69. The topological polar surface area (TPSA) is 63.8 Å². The molecule has 2 heterocycles. The van der Waals surface area contributed by atoms with E-state index in [0.29, 0.717) is 5.92 Å². The number of aryl methyl sites for hydroxylation is 2. The van der Waals surface area contributed by atoms with Gasteiger partial charge in [-0.05, 0) is 26.7 Å². The molecule has 2 aromatic heterocycles. The third-order valence-electron chi connectivity index (χ3n) is 4.03. The van der Waals surface area contributed by atoms with Crippen molar-refractivity contribution in [2.24, 2.45) is 0 Å². The van der Waals surface area contributed by atoms with Gasteiger partial charge < -0.3 is 9.84 Å². The Balaban J connectivity index is 2.08. The third-order valence-corrected chi connectivity index (χ3v) is 4.03. The Morgan fingerprint density at radius 1 is 1.20 bits per heavy atom. The fourth-order valence-corrected chi connectivity index (χ4v) is 2.94. The second-order valence-corrected chi connectivity index (χ2v) is 5.43. The van der Waals surface area contributed by atoms with Crippen LogP contribution in [0.4, 0.5) is 5.82 Å². The number of nitrogens with zero attached hydrogens (tertiary/aromatic N) is 3. The lowest BCUT2D eigenvalue weighted by Crippen LogP contribution is -2.04. The SMILES string of the molecule is CNc1cc(C2CCCC2)nc(-c2c(C)noc2C)n1. The molecule has 1 aliphatic carbocycles. The van der Waals surface area contributed by atoms with E-state index in [0.717, 1.165) is 34.4 Å². The molecule has 0 atom stereocenters. The van der Waals surface area contributed by atoms with Gasteiger partial charge in [0.05, 0.1) is 11.3 Å². The highest BCUT2D eigenvalue weighted by Crippen LogP contribution is 2.35. The van der Waals surface area contributed by atoms with Gasteiger partial charge >= 0.3 is 0 Å². The minimum absolute atomic E-state index is 0.560. The van der Waals surface area contributed by atoms with E-state index in [4.69, 9.17) is 9.51 Å². The smallest absolute Gasteiger partial charge is 0.167 e. The molecule has 0 bridgehead atoms. The zero-order valence-electron chi connectivity index (χ0n) is 12.2. The molecule has 1 N–H and O–H groups in total. The molecular weight excluding hydrogens is 252 g/mol. The van der Waals surface area contributed by atoms with Crippen molar-refractivity contribution in [1.82, 2.24) is 15.1 Å². The minimum atomic E-state index is 0.560. The Morgan fingerprint density at radius 2 is 1.95 bits per heavy atom. The molecule has 0 aromatic carbocycles. The molecule has 0 spiro atoms. The fourth-order valence-electron chi connectivity index (χ4n) is 2.94. The summed E-state index contributed by atoms with van der Waals surface area (Å²) in [4.78, 5) is 9.34. The van der Waals surface area contributed by atoms with E-state index >= 15 is 0 Å². The van der Waals surface area contributed by atoms with Crippen LogP contribution in [0.25, 0.3) is 11.4 Å². The van der Waals surface area contributed by atoms with Gasteiger partial charge in [-0.25, -0.2) is 9.97 Å². The van der Waals surface area contributed by atoms with Gasteiger partial charge in [0, 0.05) is 24.7 Å². The highest BCUT2D eigenvalue weighted by Gasteiger charge is 2.22. The molecule has 106 valence electrons. The number of aromatic nitrogens is 3. The van der Waals surface area contributed by atoms with Gasteiger partial charge in [0.15, 0.2) is 5.82 Å². The van der Waals surface area contributed by atoms with Gasteiger partial charge in [0.2, 0.25) is 0 Å². The van der Waals surface area contributed by atoms with Gasteiger partial charge in [-0.1, -0.05) is 18.0 Å². The Hall–Kier alpha value is -1.91. The first-order valence-corrected chi connectivity index (χ1v) is 7.19. The van der Waals surface area contributed by atoms with Gasteiger partial charge in [-0.15, -0.1) is 0 Å². The molecule has 0 radical (unpaired) electrons. The Kier molecular flexibility index (Phi) is 3.42. The van der Waals surface area contributed by atoms with Crippen LogP contribution in [0, 0.1) is 13.8 Å². The summed E-state index contributed by atoms with van der Waals surface area (Å²) in [5.74, 6) is 2.91. The zero-order valence-corrected chi connectivity index (χ0v) is 12.2. The van der Waals surface area contributed by atoms with Gasteiger partial charge in [0.1, 0.15) is 11.6 Å². The molecular formula is C15H20N4O. The summed E-state index contributed by atoms with van der Waals surface area (Å²) in [6.45, 7) is 3.83. The maximum atomic E-state index is 5.24. The number of anilines is 1. The molecule has 5 heteroatoms. The van der Waals surface area contributed by atoms with Crippen LogP contribution in [0.1, 0.15) is 48.7 Å². The van der Waals surface area contributed by atoms with Crippen molar-refractivity contribution in [2.75, 3.05) is 12.4 Å². The lowest BCUT2D eigenvalue weighted by molar-refractivity contribution is 0.393. The van der Waals surface area contributed by atoms with Crippen LogP contribution in [0.5, 0.6) is 0 Å². The zero-order chi connectivity index (χ0) is 14.1. The summed E-state index contributed by atoms with van der Waals surface area (Å²) in [6.07, 6.45) is 5.04. The molecule has 2 aromatic rings. The van der Waals surface area contributed by atoms with Crippen molar-refractivity contribution in [2.45, 2.75) is 45.4 Å². The first kappa shape index (κ1) is 13.1. The van der Waals surface area contributed by atoms with Gasteiger partial charge in [-0.3, -0.25) is 0 Å². The fraction of sp³-hybridized carbons (Fsp3) is 0.533. The lowest BCUT2D eigenvalue weighted by Gasteiger charge is -2.12. The summed E-state index contributed by atoms with van der Waals surface area (Å²) >= 11 is 0. The molecule has 3 rings (SSSR count). The van der Waals surface area contributed by atoms with E-state index in [1.807, 2.05) is 20.9 Å². The summed E-state index contributed by atoms with van der Waals surface area (Å²) in [5.41, 5.74) is 2.89. The molecule has 1 saturated carbocycles. The van der Waals surface area contributed by atoms with Crippen molar-refractivity contribution < 1.29 is 4.52 Å². The average Bonchev–Trinajstić information content (AvgIpc) is 3.09. The van der Waals surface area contributed by atoms with Crippen LogP contribution in [0.3, 0.4) is 0 Å². The lowest BCUT2D eigenvalue weighted by atomic mass is 10.0. The summed E-state index contributed by atoms with van der Waals surface area (Å²) in [7, 11) is 1.89. The molecule has 0 amide bonds. The van der Waals surface area contributed by atoms with E-state index in [-0.39, 0.29) is 0 Å². The monoisotopic (exact) mass is 272 g/mol. The van der Waals surface area contributed by atoms with Crippen molar-refractivity contribution in [1.29, 1.82) is 0 Å². The first-order valence-electron chi connectivity index (χ1n) is 7.19. The van der Waals surface area contributed by atoms with E-state index in [1.165, 1.54) is 25.7 Å². The van der Waals surface area contributed by atoms with E-state index in [2.05, 4.69) is 21.5 Å². The maximum absolute atomic E-state index is 5.24. The molecule has 0 saturated heterocycles. The van der Waals surface area contributed by atoms with Gasteiger partial charge in [-0.2, -0.15) is 0 Å². The van der Waals surface area contributed by atoms with Crippen molar-refractivity contribution in [3.05, 3.63) is 23.2 Å². The van der Waals surface area contributed by atoms with Crippen LogP contribution in [0.15, 0.2) is 10.6 Å². The number of rotatable bonds is 3. The predicted molar refractivity (Wildman–Crippen MR) is 77.8 cm³/mol. The summed E-state index contributed by atoms with van der Waals surface area (Å²) in [6, 6.07) is 2.07. The summed E-state index contributed by atoms with van der Waals surface area (Å²) < 4.78 is 5.24.